The zero-order valence-electron chi connectivity index (χ0n) is 9.38. The van der Waals surface area contributed by atoms with Crippen LogP contribution in [0.5, 0.6) is 0 Å². The Morgan fingerprint density at radius 2 is 2.56 bits per heavy atom. The van der Waals surface area contributed by atoms with Crippen molar-refractivity contribution in [1.29, 1.82) is 0 Å². The van der Waals surface area contributed by atoms with Crippen molar-refractivity contribution < 1.29 is 5.11 Å². The number of rotatable bonds is 3. The number of anilines is 1. The van der Waals surface area contributed by atoms with Crippen molar-refractivity contribution in [2.75, 3.05) is 12.3 Å². The lowest BCUT2D eigenvalue weighted by Gasteiger charge is -2.16. The van der Waals surface area contributed by atoms with Crippen LogP contribution in [0, 0.1) is 0 Å². The molecule has 2 heterocycles. The fraction of sp³-hybridized carbons (Fsp3) is 0.556. The normalized spacial score (nSPS) is 26.8. The molecule has 0 amide bonds. The Morgan fingerprint density at radius 3 is 3.17 bits per heavy atom. The van der Waals surface area contributed by atoms with E-state index >= 15 is 0 Å². The van der Waals surface area contributed by atoms with Crippen LogP contribution in [0.4, 0.5) is 5.82 Å². The van der Waals surface area contributed by atoms with E-state index in [1.54, 1.807) is 0 Å². The Bertz CT molecular complexity index is 540. The van der Waals surface area contributed by atoms with Gasteiger partial charge in [0.05, 0.1) is 18.0 Å². The summed E-state index contributed by atoms with van der Waals surface area (Å²) in [5.41, 5.74) is 13.5. The maximum atomic E-state index is 11.7. The van der Waals surface area contributed by atoms with Crippen LogP contribution in [0.3, 0.4) is 0 Å². The van der Waals surface area contributed by atoms with E-state index in [-0.39, 0.29) is 29.1 Å². The van der Waals surface area contributed by atoms with Crippen molar-refractivity contribution >= 4 is 17.6 Å². The van der Waals surface area contributed by atoms with Crippen LogP contribution in [0.2, 0.25) is 0 Å². The van der Waals surface area contributed by atoms with Gasteiger partial charge in [-0.1, -0.05) is 5.11 Å². The third-order valence-electron chi connectivity index (χ3n) is 2.69. The van der Waals surface area contributed by atoms with Gasteiger partial charge in [-0.3, -0.25) is 4.57 Å². The molecule has 3 N–H and O–H groups in total. The van der Waals surface area contributed by atoms with Crippen LogP contribution in [0.1, 0.15) is 11.8 Å². The van der Waals surface area contributed by atoms with Crippen LogP contribution in [0.25, 0.3) is 10.4 Å². The topological polar surface area (TPSA) is 130 Å². The molecule has 1 saturated heterocycles. The van der Waals surface area contributed by atoms with Crippen molar-refractivity contribution in [3.8, 4) is 0 Å². The number of aliphatic hydroxyl groups excluding tert-OH is 1. The molecule has 9 heteroatoms. The minimum atomic E-state index is -0.482. The van der Waals surface area contributed by atoms with Crippen LogP contribution < -0.4 is 11.4 Å². The Hall–Kier alpha value is -1.70. The van der Waals surface area contributed by atoms with Crippen LogP contribution in [-0.4, -0.2) is 32.6 Å². The van der Waals surface area contributed by atoms with Gasteiger partial charge >= 0.3 is 5.69 Å². The zero-order valence-corrected chi connectivity index (χ0v) is 10.2. The molecule has 1 aliphatic rings. The molecule has 0 aromatic carbocycles. The molecule has 1 aromatic heterocycles. The van der Waals surface area contributed by atoms with Gasteiger partial charge < -0.3 is 10.8 Å². The van der Waals surface area contributed by atoms with Crippen molar-refractivity contribution in [3.63, 3.8) is 0 Å². The van der Waals surface area contributed by atoms with Crippen LogP contribution >= 0.6 is 11.8 Å². The van der Waals surface area contributed by atoms with Crippen molar-refractivity contribution in [1.82, 2.24) is 9.55 Å². The summed E-state index contributed by atoms with van der Waals surface area (Å²) < 4.78 is 1.38. The SMILES string of the molecule is [N-]=[N+]=N[C@H]1C[C@H](CO)S[C@@H]1n1ccc(N)nc1=O. The fourth-order valence-electron chi connectivity index (χ4n) is 1.89. The highest BCUT2D eigenvalue weighted by Gasteiger charge is 2.35. The Morgan fingerprint density at radius 1 is 1.78 bits per heavy atom. The van der Waals surface area contributed by atoms with Crippen molar-refractivity contribution in [2.24, 2.45) is 5.11 Å². The molecule has 3 atom stereocenters. The fourth-order valence-corrected chi connectivity index (χ4v) is 3.31. The maximum absolute atomic E-state index is 11.7. The number of nitrogens with zero attached hydrogens (tertiary/aromatic N) is 5. The quantitative estimate of drug-likeness (QED) is 0.468. The smallest absolute Gasteiger partial charge is 0.350 e. The van der Waals surface area contributed by atoms with E-state index in [9.17, 15) is 4.79 Å². The summed E-state index contributed by atoms with van der Waals surface area (Å²) in [5, 5.41) is 12.4. The summed E-state index contributed by atoms with van der Waals surface area (Å²) >= 11 is 1.40. The summed E-state index contributed by atoms with van der Waals surface area (Å²) in [6, 6.07) is 1.14. The van der Waals surface area contributed by atoms with E-state index in [1.807, 2.05) is 0 Å². The number of aromatic nitrogens is 2. The van der Waals surface area contributed by atoms with E-state index in [0.717, 1.165) is 0 Å². The zero-order chi connectivity index (χ0) is 13.1. The predicted octanol–water partition coefficient (Wildman–Crippen LogP) is 0.501. The second kappa shape index (κ2) is 5.30. The third kappa shape index (κ3) is 2.42. The standard InChI is InChI=1S/C9H12N6O2S/c10-7-1-2-15(9(17)12-7)8-6(13-14-11)3-5(4-16)18-8/h1-2,5-6,8,16H,3-4H2,(H2,10,12,17)/t5-,6+,8+/m1/s1. The minimum Gasteiger partial charge on any atom is -0.395 e. The summed E-state index contributed by atoms with van der Waals surface area (Å²) in [6.45, 7) is -0.0181. The molecule has 1 aromatic rings. The molecule has 18 heavy (non-hydrogen) atoms. The summed E-state index contributed by atoms with van der Waals surface area (Å²) in [7, 11) is 0. The van der Waals surface area contributed by atoms with E-state index in [4.69, 9.17) is 16.4 Å². The second-order valence-electron chi connectivity index (χ2n) is 3.88. The molecule has 8 nitrogen and oxygen atoms in total. The average Bonchev–Trinajstić information content (AvgIpc) is 2.73. The molecule has 0 unspecified atom stereocenters. The highest BCUT2D eigenvalue weighted by molar-refractivity contribution is 8.00. The van der Waals surface area contributed by atoms with Gasteiger partial charge in [0.1, 0.15) is 5.82 Å². The highest BCUT2D eigenvalue weighted by Crippen LogP contribution is 2.42. The average molecular weight is 268 g/mol. The van der Waals surface area contributed by atoms with E-state index in [0.29, 0.717) is 6.42 Å². The molecule has 1 aliphatic heterocycles. The predicted molar refractivity (Wildman–Crippen MR) is 68.0 cm³/mol. The maximum Gasteiger partial charge on any atom is 0.350 e. The largest absolute Gasteiger partial charge is 0.395 e. The van der Waals surface area contributed by atoms with Gasteiger partial charge in [-0.25, -0.2) is 4.79 Å². The first kappa shape index (κ1) is 12.7. The first-order valence-electron chi connectivity index (χ1n) is 5.31. The van der Waals surface area contributed by atoms with Gasteiger partial charge in [0, 0.05) is 16.4 Å². The molecule has 0 bridgehead atoms. The molecular weight excluding hydrogens is 256 g/mol. The lowest BCUT2D eigenvalue weighted by Crippen LogP contribution is -2.29. The molecule has 0 aliphatic carbocycles. The van der Waals surface area contributed by atoms with Crippen LogP contribution in [0.15, 0.2) is 22.2 Å². The molecule has 96 valence electrons. The molecule has 1 fully saturated rings. The first-order chi connectivity index (χ1) is 8.65. The van der Waals surface area contributed by atoms with Crippen molar-refractivity contribution in [3.05, 3.63) is 33.2 Å². The minimum absolute atomic E-state index is 0.0181. The number of hydrogen-bond acceptors (Lipinski definition) is 6. The van der Waals surface area contributed by atoms with Gasteiger partial charge in [0.15, 0.2) is 0 Å². The number of nitrogen functional groups attached to an aromatic ring is 1. The summed E-state index contributed by atoms with van der Waals surface area (Å²) in [6.07, 6.45) is 2.06. The van der Waals surface area contributed by atoms with Gasteiger partial charge in [-0.15, -0.1) is 11.8 Å². The third-order valence-corrected chi connectivity index (χ3v) is 4.24. The first-order valence-corrected chi connectivity index (χ1v) is 6.25. The monoisotopic (exact) mass is 268 g/mol. The van der Waals surface area contributed by atoms with Gasteiger partial charge in [0.25, 0.3) is 0 Å². The molecule has 0 spiro atoms. The Kier molecular flexibility index (Phi) is 3.75. The van der Waals surface area contributed by atoms with Crippen molar-refractivity contribution in [2.45, 2.75) is 23.1 Å². The number of azide groups is 1. The number of aliphatic hydroxyl groups is 1. The van der Waals surface area contributed by atoms with Gasteiger partial charge in [-0.2, -0.15) is 4.98 Å². The lowest BCUT2D eigenvalue weighted by atomic mass is 10.2. The number of thioether (sulfide) groups is 1. The molecular formula is C9H12N6O2S. The Labute approximate surface area is 106 Å². The number of nitrogens with two attached hydrogens (primary N) is 1. The van der Waals surface area contributed by atoms with Crippen LogP contribution in [-0.2, 0) is 0 Å². The second-order valence-corrected chi connectivity index (χ2v) is 5.30. The van der Waals surface area contributed by atoms with Gasteiger partial charge in [0.2, 0.25) is 0 Å². The van der Waals surface area contributed by atoms with E-state index < -0.39 is 5.69 Å². The molecule has 0 saturated carbocycles. The molecule has 0 radical (unpaired) electrons. The highest BCUT2D eigenvalue weighted by atomic mass is 32.2. The van der Waals surface area contributed by atoms with E-state index in [1.165, 1.54) is 28.6 Å². The lowest BCUT2D eigenvalue weighted by molar-refractivity contribution is 0.289. The Balaban J connectivity index is 2.35. The van der Waals surface area contributed by atoms with E-state index in [2.05, 4.69) is 15.0 Å². The summed E-state index contributed by atoms with van der Waals surface area (Å²) in [5.74, 6) is 0.151. The number of hydrogen-bond donors (Lipinski definition) is 2. The summed E-state index contributed by atoms with van der Waals surface area (Å²) in [4.78, 5) is 18.2. The van der Waals surface area contributed by atoms with Gasteiger partial charge in [-0.05, 0) is 18.0 Å². The molecule has 2 rings (SSSR count).